The maximum Gasteiger partial charge on any atom is 0.279 e. The number of carbonyl (C=O) groups excluding carboxylic acids is 1. The van der Waals surface area contributed by atoms with Gasteiger partial charge in [0.15, 0.2) is 4.83 Å². The second kappa shape index (κ2) is 7.22. The van der Waals surface area contributed by atoms with E-state index in [1.54, 1.807) is 18.2 Å². The quantitative estimate of drug-likeness (QED) is 0.693. The van der Waals surface area contributed by atoms with Crippen LogP contribution in [0.4, 0.5) is 5.69 Å². The van der Waals surface area contributed by atoms with Crippen LogP contribution in [0.15, 0.2) is 23.0 Å². The lowest BCUT2D eigenvalue weighted by molar-refractivity contribution is -0.117. The molecule has 1 aromatic carbocycles. The van der Waals surface area contributed by atoms with Crippen molar-refractivity contribution in [2.24, 2.45) is 5.92 Å². The molecule has 140 valence electrons. The molecule has 1 N–H and O–H groups in total. The first kappa shape index (κ1) is 18.4. The molecule has 2 aromatic heterocycles. The molecular formula is C18H16Cl2N4O2S. The van der Waals surface area contributed by atoms with Gasteiger partial charge in [0, 0.05) is 9.90 Å². The summed E-state index contributed by atoms with van der Waals surface area (Å²) in [5.74, 6) is 0.182. The van der Waals surface area contributed by atoms with E-state index in [1.165, 1.54) is 16.2 Å². The van der Waals surface area contributed by atoms with Crippen LogP contribution in [0.1, 0.15) is 23.8 Å². The van der Waals surface area contributed by atoms with E-state index in [1.807, 2.05) is 0 Å². The van der Waals surface area contributed by atoms with Gasteiger partial charge in [-0.05, 0) is 48.9 Å². The molecule has 6 nitrogen and oxygen atoms in total. The van der Waals surface area contributed by atoms with Gasteiger partial charge < -0.3 is 5.32 Å². The lowest BCUT2D eigenvalue weighted by Gasteiger charge is -2.17. The number of thiophene rings is 1. The van der Waals surface area contributed by atoms with Crippen molar-refractivity contribution in [1.82, 2.24) is 15.0 Å². The van der Waals surface area contributed by atoms with Gasteiger partial charge in [0.2, 0.25) is 5.91 Å². The molecular weight excluding hydrogens is 407 g/mol. The van der Waals surface area contributed by atoms with Gasteiger partial charge in [0.25, 0.3) is 5.56 Å². The number of hydrogen-bond donors (Lipinski definition) is 1. The molecule has 1 amide bonds. The highest BCUT2D eigenvalue weighted by molar-refractivity contribution is 7.18. The summed E-state index contributed by atoms with van der Waals surface area (Å²) < 4.78 is 1.10. The SMILES string of the molecule is CC1CCc2c(sc3nnn(CC(=O)Nc4cc(Cl)ccc4Cl)c(=O)c23)C1. The Kier molecular flexibility index (Phi) is 4.92. The number of amides is 1. The van der Waals surface area contributed by atoms with Crippen LogP contribution in [0.5, 0.6) is 0 Å². The highest BCUT2D eigenvalue weighted by Crippen LogP contribution is 2.35. The molecule has 3 aromatic rings. The minimum absolute atomic E-state index is 0.244. The largest absolute Gasteiger partial charge is 0.323 e. The lowest BCUT2D eigenvalue weighted by Crippen LogP contribution is -2.30. The zero-order chi connectivity index (χ0) is 19.1. The Morgan fingerprint density at radius 2 is 2.22 bits per heavy atom. The average Bonchev–Trinajstić information content (AvgIpc) is 2.98. The minimum Gasteiger partial charge on any atom is -0.323 e. The van der Waals surface area contributed by atoms with E-state index in [9.17, 15) is 9.59 Å². The van der Waals surface area contributed by atoms with E-state index in [0.29, 0.717) is 31.9 Å². The fraction of sp³-hybridized carbons (Fsp3) is 0.333. The number of halogens is 2. The maximum atomic E-state index is 12.9. The van der Waals surface area contributed by atoms with Crippen LogP contribution in [0.25, 0.3) is 10.2 Å². The van der Waals surface area contributed by atoms with E-state index in [2.05, 4.69) is 22.6 Å². The zero-order valence-electron chi connectivity index (χ0n) is 14.5. The summed E-state index contributed by atoms with van der Waals surface area (Å²) in [5.41, 5.74) is 1.18. The number of nitrogens with one attached hydrogen (secondary N) is 1. The Labute approximate surface area is 169 Å². The van der Waals surface area contributed by atoms with Crippen molar-refractivity contribution in [1.29, 1.82) is 0 Å². The third kappa shape index (κ3) is 3.59. The van der Waals surface area contributed by atoms with Gasteiger partial charge in [-0.25, -0.2) is 4.68 Å². The van der Waals surface area contributed by atoms with Crippen LogP contribution >= 0.6 is 34.5 Å². The molecule has 1 atom stereocenters. The Morgan fingerprint density at radius 3 is 3.04 bits per heavy atom. The molecule has 1 aliphatic carbocycles. The fourth-order valence-electron chi connectivity index (χ4n) is 3.31. The fourth-order valence-corrected chi connectivity index (χ4v) is 4.97. The Morgan fingerprint density at radius 1 is 1.41 bits per heavy atom. The normalized spacial score (nSPS) is 16.3. The maximum absolute atomic E-state index is 12.9. The predicted molar refractivity (Wildman–Crippen MR) is 108 cm³/mol. The second-order valence-electron chi connectivity index (χ2n) is 6.76. The van der Waals surface area contributed by atoms with E-state index in [0.717, 1.165) is 29.5 Å². The molecule has 0 saturated carbocycles. The van der Waals surface area contributed by atoms with Crippen LogP contribution in [0, 0.1) is 5.92 Å². The molecule has 1 unspecified atom stereocenters. The molecule has 1 aliphatic rings. The number of hydrogen-bond acceptors (Lipinski definition) is 5. The van der Waals surface area contributed by atoms with Crippen molar-refractivity contribution >= 4 is 56.3 Å². The summed E-state index contributed by atoms with van der Waals surface area (Å²) in [6.45, 7) is 1.97. The van der Waals surface area contributed by atoms with Gasteiger partial charge in [0.1, 0.15) is 6.54 Å². The summed E-state index contributed by atoms with van der Waals surface area (Å²) in [4.78, 5) is 27.1. The van der Waals surface area contributed by atoms with Gasteiger partial charge in [-0.1, -0.05) is 35.3 Å². The van der Waals surface area contributed by atoms with Crippen LogP contribution in [-0.4, -0.2) is 20.9 Å². The molecule has 4 rings (SSSR count). The number of benzene rings is 1. The summed E-state index contributed by atoms with van der Waals surface area (Å²) in [5, 5.41) is 12.2. The average molecular weight is 423 g/mol. The van der Waals surface area contributed by atoms with Crippen molar-refractivity contribution in [3.8, 4) is 0 Å². The second-order valence-corrected chi connectivity index (χ2v) is 8.68. The van der Waals surface area contributed by atoms with Crippen molar-refractivity contribution in [3.05, 3.63) is 49.0 Å². The highest BCUT2D eigenvalue weighted by atomic mass is 35.5. The molecule has 9 heteroatoms. The van der Waals surface area contributed by atoms with Crippen LogP contribution in [0.3, 0.4) is 0 Å². The smallest absolute Gasteiger partial charge is 0.279 e. The van der Waals surface area contributed by atoms with E-state index < -0.39 is 5.91 Å². The number of carbonyl (C=O) groups is 1. The summed E-state index contributed by atoms with van der Waals surface area (Å²) in [7, 11) is 0. The van der Waals surface area contributed by atoms with Gasteiger partial charge in [0.05, 0.1) is 16.1 Å². The van der Waals surface area contributed by atoms with Crippen molar-refractivity contribution in [2.75, 3.05) is 5.32 Å². The van der Waals surface area contributed by atoms with E-state index in [-0.39, 0.29) is 12.1 Å². The first-order valence-electron chi connectivity index (χ1n) is 8.55. The molecule has 0 fully saturated rings. The van der Waals surface area contributed by atoms with Gasteiger partial charge >= 0.3 is 0 Å². The topological polar surface area (TPSA) is 76.9 Å². The number of aromatic nitrogens is 3. The first-order valence-corrected chi connectivity index (χ1v) is 10.1. The van der Waals surface area contributed by atoms with Crippen molar-refractivity contribution in [2.45, 2.75) is 32.7 Å². The van der Waals surface area contributed by atoms with Gasteiger partial charge in [-0.3, -0.25) is 9.59 Å². The Hall–Kier alpha value is -1.96. The highest BCUT2D eigenvalue weighted by Gasteiger charge is 2.24. The standard InChI is InChI=1S/C18H16Cl2N4O2S/c1-9-2-4-11-14(6-9)27-17-16(11)18(26)24(23-22-17)8-15(25)21-13-7-10(19)3-5-12(13)20/h3,5,7,9H,2,4,6,8H2,1H3,(H,21,25). The Balaban J connectivity index is 1.62. The molecule has 0 bridgehead atoms. The summed E-state index contributed by atoms with van der Waals surface area (Å²) in [6.07, 6.45) is 2.87. The molecule has 0 spiro atoms. The van der Waals surface area contributed by atoms with Gasteiger partial charge in [-0.15, -0.1) is 16.4 Å². The van der Waals surface area contributed by atoms with E-state index >= 15 is 0 Å². The van der Waals surface area contributed by atoms with Crippen LogP contribution in [0.2, 0.25) is 10.0 Å². The minimum atomic E-state index is -0.423. The van der Waals surface area contributed by atoms with Crippen LogP contribution in [-0.2, 0) is 24.2 Å². The molecule has 27 heavy (non-hydrogen) atoms. The lowest BCUT2D eigenvalue weighted by atomic mass is 9.89. The third-order valence-electron chi connectivity index (χ3n) is 4.68. The number of rotatable bonds is 3. The van der Waals surface area contributed by atoms with Crippen LogP contribution < -0.4 is 10.9 Å². The summed E-state index contributed by atoms with van der Waals surface area (Å²) in [6, 6.07) is 4.77. The summed E-state index contributed by atoms with van der Waals surface area (Å²) >= 11 is 13.5. The molecule has 0 aliphatic heterocycles. The van der Waals surface area contributed by atoms with E-state index in [4.69, 9.17) is 23.2 Å². The predicted octanol–water partition coefficient (Wildman–Crippen LogP) is 3.92. The third-order valence-corrected chi connectivity index (χ3v) is 6.38. The molecule has 2 heterocycles. The van der Waals surface area contributed by atoms with Crippen molar-refractivity contribution < 1.29 is 4.79 Å². The number of nitrogens with zero attached hydrogens (tertiary/aromatic N) is 3. The monoisotopic (exact) mass is 422 g/mol. The molecule has 0 saturated heterocycles. The first-order chi connectivity index (χ1) is 12.9. The number of anilines is 1. The number of aryl methyl sites for hydroxylation is 1. The van der Waals surface area contributed by atoms with Crippen molar-refractivity contribution in [3.63, 3.8) is 0 Å². The molecule has 0 radical (unpaired) electrons. The Bertz CT molecular complexity index is 1110. The number of fused-ring (bicyclic) bond motifs is 3. The van der Waals surface area contributed by atoms with Gasteiger partial charge in [-0.2, -0.15) is 0 Å². The zero-order valence-corrected chi connectivity index (χ0v) is 16.8.